The van der Waals surface area contributed by atoms with E-state index in [1.165, 1.54) is 0 Å². The Kier molecular flexibility index (Phi) is 11.3. The van der Waals surface area contributed by atoms with Gasteiger partial charge in [-0.25, -0.2) is 0 Å². The minimum Gasteiger partial charge on any atom is -0.356 e. The lowest BCUT2D eigenvalue weighted by Crippen LogP contribution is -2.50. The average molecular weight is 411 g/mol. The Morgan fingerprint density at radius 1 is 0.724 bits per heavy atom. The Hall–Kier alpha value is -1.23. The zero-order valence-electron chi connectivity index (χ0n) is 20.5. The normalized spacial score (nSPS) is 13.8. The number of carbonyl (C=O) groups is 3. The third-order valence-corrected chi connectivity index (χ3v) is 4.80. The fraction of sp³-hybridized carbons (Fsp3) is 0.875. The molecule has 0 aromatic rings. The predicted octanol–water partition coefficient (Wildman–Crippen LogP) is 4.82. The quantitative estimate of drug-likeness (QED) is 0.452. The summed E-state index contributed by atoms with van der Waals surface area (Å²) in [6.45, 7) is 18.5. The molecule has 1 unspecified atom stereocenters. The topological polar surface area (TPSA) is 75.3 Å². The average Bonchev–Trinajstić information content (AvgIpc) is 2.53. The predicted molar refractivity (Wildman–Crippen MR) is 121 cm³/mol. The van der Waals surface area contributed by atoms with E-state index < -0.39 is 5.41 Å². The van der Waals surface area contributed by atoms with Gasteiger partial charge in [0.1, 0.15) is 5.78 Å². The molecule has 5 heteroatoms. The molecule has 0 heterocycles. The van der Waals surface area contributed by atoms with Gasteiger partial charge in [0.25, 0.3) is 0 Å². The Morgan fingerprint density at radius 2 is 1.31 bits per heavy atom. The zero-order valence-corrected chi connectivity index (χ0v) is 20.5. The molecule has 2 N–H and O–H groups in total. The van der Waals surface area contributed by atoms with Gasteiger partial charge < -0.3 is 10.6 Å². The zero-order chi connectivity index (χ0) is 22.9. The van der Waals surface area contributed by atoms with Gasteiger partial charge in [-0.2, -0.15) is 0 Å². The maximum absolute atomic E-state index is 12.7. The third-order valence-electron chi connectivity index (χ3n) is 4.80. The summed E-state index contributed by atoms with van der Waals surface area (Å²) in [7, 11) is 0. The fourth-order valence-corrected chi connectivity index (χ4v) is 3.06. The van der Waals surface area contributed by atoms with Crippen molar-refractivity contribution < 1.29 is 14.4 Å². The molecule has 5 nitrogen and oxygen atoms in total. The molecule has 1 amide bonds. The highest BCUT2D eigenvalue weighted by atomic mass is 16.1. The van der Waals surface area contributed by atoms with E-state index in [0.717, 1.165) is 19.3 Å². The highest BCUT2D eigenvalue weighted by Crippen LogP contribution is 2.21. The molecule has 0 aliphatic rings. The molecule has 1 atom stereocenters. The molecular formula is C24H46N2O3. The van der Waals surface area contributed by atoms with Crippen LogP contribution in [0.1, 0.15) is 107 Å². The van der Waals surface area contributed by atoms with Crippen molar-refractivity contribution in [2.45, 2.75) is 119 Å². The molecule has 0 bridgehead atoms. The van der Waals surface area contributed by atoms with Crippen molar-refractivity contribution in [2.24, 2.45) is 10.8 Å². The first kappa shape index (κ1) is 27.8. The summed E-state index contributed by atoms with van der Waals surface area (Å²) in [6, 6.07) is -0.233. The monoisotopic (exact) mass is 410 g/mol. The Balaban J connectivity index is 4.16. The number of Topliss-reactive ketones (excluding diaryl/α,β-unsaturated/α-hetero) is 2. The van der Waals surface area contributed by atoms with Crippen LogP contribution in [0.5, 0.6) is 0 Å². The number of hydrogen-bond acceptors (Lipinski definition) is 4. The Labute approximate surface area is 179 Å². The molecule has 0 rings (SSSR count). The second kappa shape index (κ2) is 11.8. The van der Waals surface area contributed by atoms with Crippen LogP contribution in [-0.4, -0.2) is 35.6 Å². The lowest BCUT2D eigenvalue weighted by atomic mass is 9.84. The summed E-state index contributed by atoms with van der Waals surface area (Å²) in [5.41, 5.74) is -0.815. The first-order chi connectivity index (χ1) is 13.0. The molecular weight excluding hydrogens is 364 g/mol. The number of rotatable bonds is 12. The van der Waals surface area contributed by atoms with Crippen LogP contribution in [0.3, 0.4) is 0 Å². The highest BCUT2D eigenvalue weighted by molar-refractivity contribution is 5.88. The van der Waals surface area contributed by atoms with Crippen LogP contribution < -0.4 is 10.6 Å². The van der Waals surface area contributed by atoms with Gasteiger partial charge in [-0.05, 0) is 46.5 Å². The summed E-state index contributed by atoms with van der Waals surface area (Å²) in [5, 5.41) is 6.37. The van der Waals surface area contributed by atoms with E-state index in [4.69, 9.17) is 0 Å². The summed E-state index contributed by atoms with van der Waals surface area (Å²) >= 11 is 0. The number of amides is 1. The minimum atomic E-state index is -0.403. The van der Waals surface area contributed by atoms with Crippen LogP contribution >= 0.6 is 0 Å². The van der Waals surface area contributed by atoms with Gasteiger partial charge in [0, 0.05) is 35.8 Å². The molecule has 0 spiro atoms. The van der Waals surface area contributed by atoms with Crippen molar-refractivity contribution in [1.29, 1.82) is 0 Å². The van der Waals surface area contributed by atoms with Crippen LogP contribution in [-0.2, 0) is 14.4 Å². The van der Waals surface area contributed by atoms with Crippen molar-refractivity contribution in [1.82, 2.24) is 10.6 Å². The third kappa shape index (κ3) is 13.6. The van der Waals surface area contributed by atoms with Gasteiger partial charge in [-0.1, -0.05) is 48.0 Å². The van der Waals surface area contributed by atoms with Crippen LogP contribution in [0.4, 0.5) is 0 Å². The molecule has 0 saturated carbocycles. The maximum atomic E-state index is 12.7. The smallest absolute Gasteiger partial charge is 0.219 e. The van der Waals surface area contributed by atoms with E-state index in [1.807, 2.05) is 41.5 Å². The van der Waals surface area contributed by atoms with E-state index in [1.54, 1.807) is 0 Å². The molecule has 0 aromatic carbocycles. The van der Waals surface area contributed by atoms with Crippen LogP contribution in [0.25, 0.3) is 0 Å². The summed E-state index contributed by atoms with van der Waals surface area (Å²) in [4.78, 5) is 36.7. The van der Waals surface area contributed by atoms with E-state index in [2.05, 4.69) is 31.4 Å². The van der Waals surface area contributed by atoms with Crippen LogP contribution in [0.15, 0.2) is 0 Å². The molecule has 0 aromatic heterocycles. The molecule has 0 saturated heterocycles. The number of unbranched alkanes of at least 4 members (excludes halogenated alkanes) is 2. The van der Waals surface area contributed by atoms with Gasteiger partial charge in [-0.15, -0.1) is 0 Å². The van der Waals surface area contributed by atoms with E-state index >= 15 is 0 Å². The lowest BCUT2D eigenvalue weighted by molar-refractivity contribution is -0.129. The Bertz CT molecular complexity index is 534. The first-order valence-corrected chi connectivity index (χ1v) is 11.2. The first-order valence-electron chi connectivity index (χ1n) is 11.2. The van der Waals surface area contributed by atoms with E-state index in [9.17, 15) is 14.4 Å². The van der Waals surface area contributed by atoms with Crippen LogP contribution in [0.2, 0.25) is 0 Å². The summed E-state index contributed by atoms with van der Waals surface area (Å²) in [6.07, 6.45) is 5.10. The molecule has 0 aliphatic carbocycles. The number of ketones is 2. The van der Waals surface area contributed by atoms with Crippen LogP contribution in [0, 0.1) is 10.8 Å². The van der Waals surface area contributed by atoms with Crippen molar-refractivity contribution in [3.63, 3.8) is 0 Å². The standard InChI is InChI=1S/C24H46N2O3/c1-22(2,3)19(27)15-11-10-12-17-25-20(28)16-13-14-18(26-24(7,8)9)21(29)23(4,5)6/h18,26H,10-17H2,1-9H3,(H,25,28). The van der Waals surface area contributed by atoms with Gasteiger partial charge in [-0.3, -0.25) is 14.4 Å². The SMILES string of the molecule is CC(C)(C)NC(CCCC(=O)NCCCCCC(=O)C(C)(C)C)C(=O)C(C)(C)C. The number of nitrogens with one attached hydrogen (secondary N) is 2. The summed E-state index contributed by atoms with van der Waals surface area (Å²) in [5.74, 6) is 0.524. The van der Waals surface area contributed by atoms with Gasteiger partial charge in [0.05, 0.1) is 6.04 Å². The van der Waals surface area contributed by atoms with Gasteiger partial charge in [0.2, 0.25) is 5.91 Å². The Morgan fingerprint density at radius 3 is 1.79 bits per heavy atom. The molecule has 170 valence electrons. The fourth-order valence-electron chi connectivity index (χ4n) is 3.06. The lowest BCUT2D eigenvalue weighted by Gasteiger charge is -2.31. The molecule has 0 radical (unpaired) electrons. The van der Waals surface area contributed by atoms with Crippen molar-refractivity contribution in [3.8, 4) is 0 Å². The molecule has 29 heavy (non-hydrogen) atoms. The number of hydrogen-bond donors (Lipinski definition) is 2. The second-order valence-corrected chi connectivity index (χ2v) is 11.3. The number of carbonyl (C=O) groups excluding carboxylic acids is 3. The largest absolute Gasteiger partial charge is 0.356 e. The van der Waals surface area contributed by atoms with Crippen molar-refractivity contribution in [3.05, 3.63) is 0 Å². The van der Waals surface area contributed by atoms with Gasteiger partial charge in [0.15, 0.2) is 5.78 Å². The second-order valence-electron chi connectivity index (χ2n) is 11.3. The van der Waals surface area contributed by atoms with Gasteiger partial charge >= 0.3 is 0 Å². The summed E-state index contributed by atoms with van der Waals surface area (Å²) < 4.78 is 0. The van der Waals surface area contributed by atoms with E-state index in [-0.39, 0.29) is 28.7 Å². The molecule has 0 aliphatic heterocycles. The maximum Gasteiger partial charge on any atom is 0.219 e. The minimum absolute atomic E-state index is 0.0356. The highest BCUT2D eigenvalue weighted by Gasteiger charge is 2.31. The molecule has 0 fully saturated rings. The van der Waals surface area contributed by atoms with Crippen molar-refractivity contribution in [2.75, 3.05) is 6.54 Å². The van der Waals surface area contributed by atoms with E-state index in [0.29, 0.717) is 38.0 Å². The van der Waals surface area contributed by atoms with Crippen molar-refractivity contribution >= 4 is 17.5 Å².